The molecule has 0 radical (unpaired) electrons. The van der Waals surface area contributed by atoms with Crippen molar-refractivity contribution in [2.75, 3.05) is 17.2 Å². The fourth-order valence-electron chi connectivity index (χ4n) is 4.10. The molecule has 0 aliphatic carbocycles. The van der Waals surface area contributed by atoms with Gasteiger partial charge in [0.2, 0.25) is 5.91 Å². The average molecular weight is 537 g/mol. The second-order valence-corrected chi connectivity index (χ2v) is 8.92. The van der Waals surface area contributed by atoms with Crippen LogP contribution < -0.4 is 15.4 Å². The van der Waals surface area contributed by atoms with Crippen LogP contribution in [0.5, 0.6) is 5.75 Å². The molecule has 1 heterocycles. The zero-order chi connectivity index (χ0) is 28.0. The largest absolute Gasteiger partial charge is 0.494 e. The van der Waals surface area contributed by atoms with Crippen LogP contribution in [0.3, 0.4) is 0 Å². The molecule has 1 aliphatic heterocycles. The summed E-state index contributed by atoms with van der Waals surface area (Å²) in [5.41, 5.74) is 2.70. The van der Waals surface area contributed by atoms with E-state index in [1.54, 1.807) is 48.5 Å². The number of fused-ring (bicyclic) bond motifs is 1. The van der Waals surface area contributed by atoms with Gasteiger partial charge in [-0.2, -0.15) is 13.2 Å². The van der Waals surface area contributed by atoms with Gasteiger partial charge in [0.05, 0.1) is 12.2 Å². The van der Waals surface area contributed by atoms with E-state index in [1.165, 1.54) is 24.3 Å². The minimum atomic E-state index is -4.45. The Kier molecular flexibility index (Phi) is 8.51. The Balaban J connectivity index is 1.58. The number of nitrogens with one attached hydrogen (secondary N) is 2. The smallest absolute Gasteiger partial charge is 0.416 e. The van der Waals surface area contributed by atoms with Gasteiger partial charge in [-0.3, -0.25) is 9.59 Å². The molecule has 6 nitrogen and oxygen atoms in total. The molecular formula is C30H27F3N2O4. The van der Waals surface area contributed by atoms with Gasteiger partial charge in [0, 0.05) is 29.4 Å². The summed E-state index contributed by atoms with van der Waals surface area (Å²) < 4.78 is 44.9. The summed E-state index contributed by atoms with van der Waals surface area (Å²) in [5.74, 6) is -0.285. The van der Waals surface area contributed by atoms with Crippen LogP contribution in [0.1, 0.15) is 35.6 Å². The molecule has 1 aliphatic rings. The molecule has 1 atom stereocenters. The first-order valence-electron chi connectivity index (χ1n) is 12.4. The number of aliphatic hydroxyl groups is 1. The summed E-state index contributed by atoms with van der Waals surface area (Å²) in [7, 11) is 0. The molecule has 0 spiro atoms. The Labute approximate surface area is 223 Å². The van der Waals surface area contributed by atoms with E-state index in [0.717, 1.165) is 24.1 Å². The molecule has 3 aromatic rings. The molecule has 9 heteroatoms. The van der Waals surface area contributed by atoms with Crippen molar-refractivity contribution in [3.8, 4) is 5.75 Å². The topological polar surface area (TPSA) is 87.7 Å². The van der Waals surface area contributed by atoms with Crippen LogP contribution in [0.15, 0.2) is 85.0 Å². The third kappa shape index (κ3) is 6.94. The van der Waals surface area contributed by atoms with Crippen molar-refractivity contribution in [3.05, 3.63) is 107 Å². The zero-order valence-corrected chi connectivity index (χ0v) is 21.1. The molecule has 3 aromatic carbocycles. The van der Waals surface area contributed by atoms with Crippen LogP contribution in [-0.4, -0.2) is 29.6 Å². The summed E-state index contributed by atoms with van der Waals surface area (Å²) in [6, 6.07) is 17.0. The van der Waals surface area contributed by atoms with Gasteiger partial charge in [-0.15, -0.1) is 0 Å². The van der Waals surface area contributed by atoms with E-state index >= 15 is 0 Å². The number of ether oxygens (including phenoxy) is 1. The molecule has 39 heavy (non-hydrogen) atoms. The number of carbonyl (C=O) groups is 2. The molecule has 1 unspecified atom stereocenters. The second kappa shape index (κ2) is 12.0. The minimum absolute atomic E-state index is 0.0667. The van der Waals surface area contributed by atoms with Crippen LogP contribution in [0.2, 0.25) is 0 Å². The highest BCUT2D eigenvalue weighted by molar-refractivity contribution is 6.03. The number of rotatable bonds is 8. The molecule has 202 valence electrons. The highest BCUT2D eigenvalue weighted by Gasteiger charge is 2.30. The van der Waals surface area contributed by atoms with Crippen molar-refractivity contribution >= 4 is 28.8 Å². The monoisotopic (exact) mass is 536 g/mol. The number of anilines is 2. The number of hydrogen-bond donors (Lipinski definition) is 3. The minimum Gasteiger partial charge on any atom is -0.494 e. The van der Waals surface area contributed by atoms with Gasteiger partial charge in [-0.05, 0) is 59.5 Å². The van der Waals surface area contributed by atoms with Crippen molar-refractivity contribution in [1.82, 2.24) is 0 Å². The maximum absolute atomic E-state index is 13.1. The van der Waals surface area contributed by atoms with Gasteiger partial charge < -0.3 is 20.5 Å². The number of aliphatic hydroxyl groups excluding tert-OH is 1. The Bertz CT molecular complexity index is 1400. The molecule has 4 rings (SSSR count). The Morgan fingerprint density at radius 2 is 1.74 bits per heavy atom. The van der Waals surface area contributed by atoms with Crippen molar-refractivity contribution < 1.29 is 32.6 Å². The summed E-state index contributed by atoms with van der Waals surface area (Å²) in [5, 5.41) is 15.3. The third-order valence-corrected chi connectivity index (χ3v) is 6.06. The molecular weight excluding hydrogens is 509 g/mol. The summed E-state index contributed by atoms with van der Waals surface area (Å²) in [6.07, 6.45) is -0.290. The van der Waals surface area contributed by atoms with Gasteiger partial charge in [-0.1, -0.05) is 49.4 Å². The van der Waals surface area contributed by atoms with Crippen LogP contribution >= 0.6 is 0 Å². The quantitative estimate of drug-likeness (QED) is 0.244. The number of hydrogen-bond acceptors (Lipinski definition) is 4. The van der Waals surface area contributed by atoms with Gasteiger partial charge in [0.1, 0.15) is 11.9 Å². The number of alkyl halides is 3. The molecule has 0 saturated carbocycles. The van der Waals surface area contributed by atoms with E-state index in [4.69, 9.17) is 4.74 Å². The predicted octanol–water partition coefficient (Wildman–Crippen LogP) is 5.98. The van der Waals surface area contributed by atoms with Crippen LogP contribution in [0.25, 0.3) is 5.57 Å². The lowest BCUT2D eigenvalue weighted by atomic mass is 9.96. The van der Waals surface area contributed by atoms with Gasteiger partial charge >= 0.3 is 6.18 Å². The first-order valence-corrected chi connectivity index (χ1v) is 12.4. The number of allylic oxidation sites excluding steroid dienone is 2. The number of amides is 2. The van der Waals surface area contributed by atoms with Crippen molar-refractivity contribution in [1.29, 1.82) is 0 Å². The van der Waals surface area contributed by atoms with E-state index in [0.29, 0.717) is 40.4 Å². The first kappa shape index (κ1) is 27.7. The second-order valence-electron chi connectivity index (χ2n) is 8.92. The predicted molar refractivity (Wildman–Crippen MR) is 143 cm³/mol. The van der Waals surface area contributed by atoms with E-state index in [-0.39, 0.29) is 6.42 Å². The maximum atomic E-state index is 13.1. The molecule has 0 bridgehead atoms. The summed E-state index contributed by atoms with van der Waals surface area (Å²) in [4.78, 5) is 24.4. The average Bonchev–Trinajstić information content (AvgIpc) is 2.91. The van der Waals surface area contributed by atoms with Crippen LogP contribution in [0, 0.1) is 0 Å². The first-order chi connectivity index (χ1) is 18.7. The van der Waals surface area contributed by atoms with Crippen molar-refractivity contribution in [2.24, 2.45) is 0 Å². The highest BCUT2D eigenvalue weighted by Crippen LogP contribution is 2.32. The lowest BCUT2D eigenvalue weighted by Gasteiger charge is -2.23. The summed E-state index contributed by atoms with van der Waals surface area (Å²) in [6.45, 7) is 2.56. The fourth-order valence-corrected chi connectivity index (χ4v) is 4.10. The van der Waals surface area contributed by atoms with Gasteiger partial charge in [0.25, 0.3) is 5.91 Å². The molecule has 0 fully saturated rings. The van der Waals surface area contributed by atoms with Crippen molar-refractivity contribution in [3.63, 3.8) is 0 Å². The van der Waals surface area contributed by atoms with E-state index in [2.05, 4.69) is 10.6 Å². The van der Waals surface area contributed by atoms with E-state index in [9.17, 15) is 27.9 Å². The molecule has 2 amide bonds. The number of halogens is 3. The summed E-state index contributed by atoms with van der Waals surface area (Å²) >= 11 is 0. The van der Waals surface area contributed by atoms with Gasteiger partial charge in [-0.25, -0.2) is 0 Å². The number of carbonyl (C=O) groups excluding carboxylic acids is 2. The Morgan fingerprint density at radius 3 is 2.38 bits per heavy atom. The third-order valence-electron chi connectivity index (χ3n) is 6.06. The van der Waals surface area contributed by atoms with Crippen LogP contribution in [-0.2, 0) is 22.2 Å². The van der Waals surface area contributed by atoms with Gasteiger partial charge in [0.15, 0.2) is 0 Å². The molecule has 0 aromatic heterocycles. The lowest BCUT2D eigenvalue weighted by molar-refractivity contribution is -0.137. The lowest BCUT2D eigenvalue weighted by Crippen LogP contribution is -2.34. The highest BCUT2D eigenvalue weighted by atomic mass is 19.4. The Hall–Kier alpha value is -4.37. The number of benzene rings is 3. The zero-order valence-electron chi connectivity index (χ0n) is 21.1. The standard InChI is InChI=1S/C30H27F3N2O4/c1-2-17-39-22-15-11-20(12-16-22)23(19-9-13-21(14-10-19)30(31,32)33)5-3-8-28(37)34-25-6-4-7-26-24(25)18-27(36)29(38)35-26/h3-16,27,36H,2,17-18H2,1H3,(H,34,37)(H,35,38). The Morgan fingerprint density at radius 1 is 1.08 bits per heavy atom. The fraction of sp³-hybridized carbons (Fsp3) is 0.200. The maximum Gasteiger partial charge on any atom is 0.416 e. The molecule has 3 N–H and O–H groups in total. The van der Waals surface area contributed by atoms with Crippen molar-refractivity contribution in [2.45, 2.75) is 32.0 Å². The molecule has 0 saturated heterocycles. The normalized spacial score (nSPS) is 15.6. The van der Waals surface area contributed by atoms with E-state index in [1.807, 2.05) is 6.92 Å². The van der Waals surface area contributed by atoms with Crippen LogP contribution in [0.4, 0.5) is 24.5 Å². The SMILES string of the molecule is CCCOc1ccc(C(=CC=CC(=O)Nc2cccc3c2CC(O)C(=O)N3)c2ccc(C(F)(F)F)cc2)cc1. The van der Waals surface area contributed by atoms with E-state index < -0.39 is 29.7 Å².